The molecule has 3 aromatic rings. The van der Waals surface area contributed by atoms with Crippen LogP contribution in [0.25, 0.3) is 16.3 Å². The van der Waals surface area contributed by atoms with Gasteiger partial charge in [-0.15, -0.1) is 21.5 Å². The van der Waals surface area contributed by atoms with Crippen LogP contribution in [0.1, 0.15) is 16.9 Å². The number of thiophene rings is 1. The fraction of sp³-hybridized carbons (Fsp3) is 0.250. The molecule has 0 amide bonds. The summed E-state index contributed by atoms with van der Waals surface area (Å²) in [5, 5.41) is 13.0. The lowest BCUT2D eigenvalue weighted by Gasteiger charge is -1.96. The fourth-order valence-electron chi connectivity index (χ4n) is 2.36. The van der Waals surface area contributed by atoms with Gasteiger partial charge in [-0.1, -0.05) is 11.6 Å². The van der Waals surface area contributed by atoms with Crippen LogP contribution in [0, 0.1) is 0 Å². The third-order valence-corrected chi connectivity index (χ3v) is 4.63. The lowest BCUT2D eigenvalue weighted by atomic mass is 10.2. The van der Waals surface area contributed by atoms with Gasteiger partial charge < -0.3 is 0 Å². The van der Waals surface area contributed by atoms with Crippen molar-refractivity contribution < 1.29 is 0 Å². The van der Waals surface area contributed by atoms with Crippen LogP contribution in [0.15, 0.2) is 18.2 Å². The van der Waals surface area contributed by atoms with Crippen LogP contribution in [-0.2, 0) is 12.8 Å². The Morgan fingerprint density at radius 1 is 1.22 bits per heavy atom. The van der Waals surface area contributed by atoms with Gasteiger partial charge in [-0.05, 0) is 43.0 Å². The summed E-state index contributed by atoms with van der Waals surface area (Å²) in [6.07, 6.45) is 3.63. The molecule has 0 aromatic carbocycles. The molecule has 0 radical (unpaired) electrons. The summed E-state index contributed by atoms with van der Waals surface area (Å²) in [5.74, 6) is 0.784. The molecule has 6 heteroatoms. The highest BCUT2D eigenvalue weighted by atomic mass is 35.5. The zero-order valence-electron chi connectivity index (χ0n) is 9.43. The highest BCUT2D eigenvalue weighted by Crippen LogP contribution is 2.35. The topological polar surface area (TPSA) is 43.1 Å². The Morgan fingerprint density at radius 3 is 3.06 bits per heavy atom. The van der Waals surface area contributed by atoms with Crippen LogP contribution in [0.4, 0.5) is 0 Å². The molecule has 3 aromatic heterocycles. The molecule has 0 aliphatic heterocycles. The quantitative estimate of drug-likeness (QED) is 0.686. The summed E-state index contributed by atoms with van der Waals surface area (Å²) in [6.45, 7) is 0. The van der Waals surface area contributed by atoms with E-state index >= 15 is 0 Å². The minimum absolute atomic E-state index is 0.452. The lowest BCUT2D eigenvalue weighted by Crippen LogP contribution is -1.93. The number of hydrogen-bond donors (Lipinski definition) is 0. The van der Waals surface area contributed by atoms with E-state index < -0.39 is 0 Å². The molecule has 18 heavy (non-hydrogen) atoms. The number of rotatable bonds is 1. The monoisotopic (exact) mass is 276 g/mol. The van der Waals surface area contributed by atoms with E-state index in [1.54, 1.807) is 21.9 Å². The Morgan fingerprint density at radius 2 is 2.17 bits per heavy atom. The van der Waals surface area contributed by atoms with Gasteiger partial charge in [0.2, 0.25) is 0 Å². The van der Waals surface area contributed by atoms with Crippen LogP contribution in [0.5, 0.6) is 0 Å². The maximum Gasteiger partial charge on any atom is 0.195 e. The van der Waals surface area contributed by atoms with Gasteiger partial charge in [-0.25, -0.2) is 0 Å². The average molecular weight is 277 g/mol. The van der Waals surface area contributed by atoms with Crippen LogP contribution in [0.2, 0.25) is 5.15 Å². The number of aryl methyl sites for hydroxylation is 2. The molecule has 0 saturated heterocycles. The van der Waals surface area contributed by atoms with Gasteiger partial charge in [0.05, 0.1) is 4.88 Å². The van der Waals surface area contributed by atoms with Crippen LogP contribution < -0.4 is 0 Å². The second-order valence-electron chi connectivity index (χ2n) is 4.36. The van der Waals surface area contributed by atoms with Crippen molar-refractivity contribution in [3.05, 3.63) is 33.8 Å². The van der Waals surface area contributed by atoms with Crippen molar-refractivity contribution in [1.29, 1.82) is 0 Å². The minimum Gasteiger partial charge on any atom is -0.190 e. The standard InChI is InChI=1S/C12H9ClN4S/c13-10-4-5-11-14-15-12(17(11)16-10)9-6-7-2-1-3-8(7)18-9/h4-6H,1-3H2. The average Bonchev–Trinajstić information content (AvgIpc) is 2.99. The van der Waals surface area contributed by atoms with E-state index in [2.05, 4.69) is 21.4 Å². The first kappa shape index (κ1) is 10.5. The zero-order valence-corrected chi connectivity index (χ0v) is 11.0. The molecule has 90 valence electrons. The smallest absolute Gasteiger partial charge is 0.190 e. The van der Waals surface area contributed by atoms with Crippen molar-refractivity contribution in [3.8, 4) is 10.7 Å². The van der Waals surface area contributed by atoms with Crippen molar-refractivity contribution in [2.45, 2.75) is 19.3 Å². The summed E-state index contributed by atoms with van der Waals surface area (Å²) < 4.78 is 1.71. The molecule has 3 heterocycles. The first-order valence-electron chi connectivity index (χ1n) is 5.81. The van der Waals surface area contributed by atoms with Gasteiger partial charge in [0, 0.05) is 4.88 Å². The van der Waals surface area contributed by atoms with Crippen molar-refractivity contribution in [3.63, 3.8) is 0 Å². The first-order valence-corrected chi connectivity index (χ1v) is 7.00. The van der Waals surface area contributed by atoms with E-state index in [1.165, 1.54) is 29.7 Å². The summed E-state index contributed by atoms with van der Waals surface area (Å²) in [7, 11) is 0. The predicted molar refractivity (Wildman–Crippen MR) is 71.1 cm³/mol. The highest BCUT2D eigenvalue weighted by Gasteiger charge is 2.18. The van der Waals surface area contributed by atoms with Gasteiger partial charge in [0.25, 0.3) is 0 Å². The van der Waals surface area contributed by atoms with E-state index in [0.717, 1.165) is 16.3 Å². The first-order chi connectivity index (χ1) is 8.81. The predicted octanol–water partition coefficient (Wildman–Crippen LogP) is 2.99. The molecule has 0 N–H and O–H groups in total. The molecule has 1 aliphatic carbocycles. The second-order valence-corrected chi connectivity index (χ2v) is 5.89. The molecule has 4 rings (SSSR count). The number of aromatic nitrogens is 4. The van der Waals surface area contributed by atoms with E-state index in [0.29, 0.717) is 5.15 Å². The minimum atomic E-state index is 0.452. The van der Waals surface area contributed by atoms with Gasteiger partial charge in [0.1, 0.15) is 5.15 Å². The maximum absolute atomic E-state index is 5.93. The Hall–Kier alpha value is -1.46. The van der Waals surface area contributed by atoms with Crippen molar-refractivity contribution >= 4 is 28.6 Å². The number of nitrogens with zero attached hydrogens (tertiary/aromatic N) is 4. The summed E-state index contributed by atoms with van der Waals surface area (Å²) in [4.78, 5) is 2.60. The zero-order chi connectivity index (χ0) is 12.1. The van der Waals surface area contributed by atoms with E-state index in [4.69, 9.17) is 11.6 Å². The van der Waals surface area contributed by atoms with Gasteiger partial charge >= 0.3 is 0 Å². The molecular formula is C12H9ClN4S. The summed E-state index contributed by atoms with van der Waals surface area (Å²) >= 11 is 7.72. The Bertz CT molecular complexity index is 724. The third kappa shape index (κ3) is 1.47. The molecule has 0 spiro atoms. The number of halogens is 1. The SMILES string of the molecule is Clc1ccc2nnc(-c3cc4c(s3)CCC4)n2n1. The molecular weight excluding hydrogens is 268 g/mol. The van der Waals surface area contributed by atoms with E-state index in [-0.39, 0.29) is 0 Å². The van der Waals surface area contributed by atoms with Gasteiger partial charge in [-0.3, -0.25) is 0 Å². The number of fused-ring (bicyclic) bond motifs is 2. The third-order valence-electron chi connectivity index (χ3n) is 3.20. The molecule has 0 saturated carbocycles. The van der Waals surface area contributed by atoms with E-state index in [1.807, 2.05) is 6.07 Å². The fourth-order valence-corrected chi connectivity index (χ4v) is 3.72. The van der Waals surface area contributed by atoms with Crippen molar-refractivity contribution in [1.82, 2.24) is 19.8 Å². The molecule has 1 aliphatic rings. The van der Waals surface area contributed by atoms with Crippen molar-refractivity contribution in [2.75, 3.05) is 0 Å². The summed E-state index contributed by atoms with van der Waals surface area (Å²) in [6, 6.07) is 5.77. The summed E-state index contributed by atoms with van der Waals surface area (Å²) in [5.41, 5.74) is 2.18. The second kappa shape index (κ2) is 3.76. The highest BCUT2D eigenvalue weighted by molar-refractivity contribution is 7.15. The lowest BCUT2D eigenvalue weighted by molar-refractivity contribution is 0.913. The molecule has 4 nitrogen and oxygen atoms in total. The van der Waals surface area contributed by atoms with Gasteiger partial charge in [-0.2, -0.15) is 9.61 Å². The molecule has 0 atom stereocenters. The van der Waals surface area contributed by atoms with Crippen LogP contribution >= 0.6 is 22.9 Å². The van der Waals surface area contributed by atoms with Gasteiger partial charge in [0.15, 0.2) is 11.5 Å². The van der Waals surface area contributed by atoms with E-state index in [9.17, 15) is 0 Å². The maximum atomic E-state index is 5.93. The Balaban J connectivity index is 1.93. The van der Waals surface area contributed by atoms with Crippen LogP contribution in [-0.4, -0.2) is 19.8 Å². The largest absolute Gasteiger partial charge is 0.195 e. The number of hydrogen-bond acceptors (Lipinski definition) is 4. The van der Waals surface area contributed by atoms with Crippen molar-refractivity contribution in [2.24, 2.45) is 0 Å². The Kier molecular flexibility index (Phi) is 2.19. The van der Waals surface area contributed by atoms with Crippen LogP contribution in [0.3, 0.4) is 0 Å². The normalized spacial score (nSPS) is 14.3. The molecule has 0 unspecified atom stereocenters. The Labute approximate surface area is 112 Å². The molecule has 0 fully saturated rings. The molecule has 0 bridgehead atoms.